The normalized spacial score (nSPS) is 12.3. The summed E-state index contributed by atoms with van der Waals surface area (Å²) < 4.78 is 1.80. The molecule has 0 aliphatic rings. The van der Waals surface area contributed by atoms with Crippen LogP contribution in [0.25, 0.3) is 5.65 Å². The second kappa shape index (κ2) is 6.20. The first-order chi connectivity index (χ1) is 11.1. The van der Waals surface area contributed by atoms with Gasteiger partial charge in [-0.25, -0.2) is 9.97 Å². The Morgan fingerprint density at radius 2 is 1.83 bits per heavy atom. The minimum Gasteiger partial charge on any atom is -0.337 e. The number of aryl methyl sites for hydroxylation is 1. The molecular weight excluding hydrogens is 288 g/mol. The highest BCUT2D eigenvalue weighted by atomic mass is 16.2. The molecule has 118 valence electrons. The number of rotatable bonds is 4. The molecule has 5 heteroatoms. The zero-order valence-electron chi connectivity index (χ0n) is 13.6. The van der Waals surface area contributed by atoms with E-state index in [-0.39, 0.29) is 11.9 Å². The van der Waals surface area contributed by atoms with Crippen molar-refractivity contribution in [3.8, 4) is 0 Å². The summed E-state index contributed by atoms with van der Waals surface area (Å²) in [6.07, 6.45) is 7.70. The summed E-state index contributed by atoms with van der Waals surface area (Å²) in [5, 5.41) is 0. The van der Waals surface area contributed by atoms with Crippen molar-refractivity contribution >= 4 is 11.6 Å². The van der Waals surface area contributed by atoms with Crippen LogP contribution in [0.1, 0.15) is 28.5 Å². The maximum absolute atomic E-state index is 12.8. The average molecular weight is 308 g/mol. The molecule has 0 aliphatic carbocycles. The summed E-state index contributed by atoms with van der Waals surface area (Å²) in [5.74, 6) is -0.110. The smallest absolute Gasteiger partial charge is 0.276 e. The summed E-state index contributed by atoms with van der Waals surface area (Å²) in [7, 11) is 1.81. The Kier molecular flexibility index (Phi) is 4.10. The summed E-state index contributed by atoms with van der Waals surface area (Å²) in [6, 6.07) is 8.48. The van der Waals surface area contributed by atoms with Crippen molar-refractivity contribution in [2.75, 3.05) is 7.05 Å². The number of likely N-dealkylation sites (N-methyl/N-ethyl adjacent to an activating group) is 1. The van der Waals surface area contributed by atoms with E-state index in [1.807, 2.05) is 20.2 Å². The molecule has 0 saturated carbocycles. The van der Waals surface area contributed by atoms with Crippen molar-refractivity contribution in [3.05, 3.63) is 65.9 Å². The van der Waals surface area contributed by atoms with Gasteiger partial charge in [0.25, 0.3) is 5.91 Å². The third kappa shape index (κ3) is 3.08. The molecule has 1 unspecified atom stereocenters. The predicted molar refractivity (Wildman–Crippen MR) is 89.4 cm³/mol. The highest BCUT2D eigenvalue weighted by Crippen LogP contribution is 2.13. The fourth-order valence-electron chi connectivity index (χ4n) is 2.57. The maximum Gasteiger partial charge on any atom is 0.276 e. The van der Waals surface area contributed by atoms with E-state index in [2.05, 4.69) is 41.2 Å². The molecule has 0 N–H and O–H groups in total. The Balaban J connectivity index is 1.78. The SMILES string of the molecule is Cc1ccc(CC(C)N(C)C(=O)c2nccn3ccnc23)cc1. The van der Waals surface area contributed by atoms with Crippen LogP contribution in [-0.4, -0.2) is 38.3 Å². The van der Waals surface area contributed by atoms with Gasteiger partial charge in [0.2, 0.25) is 0 Å². The second-order valence-corrected chi connectivity index (χ2v) is 5.89. The van der Waals surface area contributed by atoms with Gasteiger partial charge >= 0.3 is 0 Å². The number of aromatic nitrogens is 3. The fourth-order valence-corrected chi connectivity index (χ4v) is 2.57. The lowest BCUT2D eigenvalue weighted by Crippen LogP contribution is -2.37. The van der Waals surface area contributed by atoms with E-state index in [1.165, 1.54) is 11.1 Å². The largest absolute Gasteiger partial charge is 0.337 e. The monoisotopic (exact) mass is 308 g/mol. The summed E-state index contributed by atoms with van der Waals surface area (Å²) in [6.45, 7) is 4.11. The van der Waals surface area contributed by atoms with Crippen molar-refractivity contribution < 1.29 is 4.79 Å². The van der Waals surface area contributed by atoms with E-state index < -0.39 is 0 Å². The molecule has 23 heavy (non-hydrogen) atoms. The molecule has 3 aromatic rings. The van der Waals surface area contributed by atoms with E-state index in [0.717, 1.165) is 6.42 Å². The Morgan fingerprint density at radius 1 is 1.17 bits per heavy atom. The number of carbonyl (C=O) groups is 1. The van der Waals surface area contributed by atoms with Crippen LogP contribution in [0, 0.1) is 6.92 Å². The van der Waals surface area contributed by atoms with Gasteiger partial charge in [0.05, 0.1) is 0 Å². The van der Waals surface area contributed by atoms with Crippen molar-refractivity contribution in [1.82, 2.24) is 19.3 Å². The van der Waals surface area contributed by atoms with Crippen LogP contribution in [-0.2, 0) is 6.42 Å². The lowest BCUT2D eigenvalue weighted by molar-refractivity contribution is 0.0739. The average Bonchev–Trinajstić information content (AvgIpc) is 3.04. The van der Waals surface area contributed by atoms with Gasteiger partial charge in [0.1, 0.15) is 0 Å². The number of hydrogen-bond acceptors (Lipinski definition) is 3. The molecule has 0 aliphatic heterocycles. The van der Waals surface area contributed by atoms with Crippen LogP contribution in [0.5, 0.6) is 0 Å². The van der Waals surface area contributed by atoms with Crippen LogP contribution in [0.15, 0.2) is 49.1 Å². The Bertz CT molecular complexity index is 822. The lowest BCUT2D eigenvalue weighted by atomic mass is 10.0. The quantitative estimate of drug-likeness (QED) is 0.744. The Labute approximate surface area is 135 Å². The van der Waals surface area contributed by atoms with Gasteiger partial charge in [-0.1, -0.05) is 29.8 Å². The minimum atomic E-state index is -0.110. The molecule has 0 saturated heterocycles. The first kappa shape index (κ1) is 15.2. The number of carbonyl (C=O) groups excluding carboxylic acids is 1. The third-order valence-electron chi connectivity index (χ3n) is 4.15. The van der Waals surface area contributed by atoms with Crippen molar-refractivity contribution in [2.24, 2.45) is 0 Å². The molecule has 0 radical (unpaired) electrons. The number of imidazole rings is 1. The molecule has 1 atom stereocenters. The molecule has 0 spiro atoms. The topological polar surface area (TPSA) is 50.5 Å². The van der Waals surface area contributed by atoms with E-state index >= 15 is 0 Å². The highest BCUT2D eigenvalue weighted by Gasteiger charge is 2.21. The molecule has 5 nitrogen and oxygen atoms in total. The Hall–Kier alpha value is -2.69. The summed E-state index contributed by atoms with van der Waals surface area (Å²) in [5.41, 5.74) is 3.43. The van der Waals surface area contributed by atoms with Gasteiger partial charge in [0.15, 0.2) is 11.3 Å². The molecule has 0 bridgehead atoms. The van der Waals surface area contributed by atoms with Crippen LogP contribution in [0.3, 0.4) is 0 Å². The number of hydrogen-bond donors (Lipinski definition) is 0. The van der Waals surface area contributed by atoms with Crippen LogP contribution >= 0.6 is 0 Å². The van der Waals surface area contributed by atoms with Gasteiger partial charge in [-0.05, 0) is 25.8 Å². The molecular formula is C18H20N4O. The molecule has 0 fully saturated rings. The van der Waals surface area contributed by atoms with E-state index in [1.54, 1.807) is 27.9 Å². The molecule has 2 aromatic heterocycles. The molecule has 1 aromatic carbocycles. The first-order valence-electron chi connectivity index (χ1n) is 7.66. The zero-order valence-corrected chi connectivity index (χ0v) is 13.6. The van der Waals surface area contributed by atoms with Crippen LogP contribution < -0.4 is 0 Å². The molecule has 3 rings (SSSR count). The number of fused-ring (bicyclic) bond motifs is 1. The third-order valence-corrected chi connectivity index (χ3v) is 4.15. The van der Waals surface area contributed by atoms with Gasteiger partial charge in [0, 0.05) is 37.9 Å². The van der Waals surface area contributed by atoms with Gasteiger partial charge in [-0.15, -0.1) is 0 Å². The van der Waals surface area contributed by atoms with Crippen molar-refractivity contribution in [1.29, 1.82) is 0 Å². The van der Waals surface area contributed by atoms with Crippen molar-refractivity contribution in [2.45, 2.75) is 26.3 Å². The highest BCUT2D eigenvalue weighted by molar-refractivity contribution is 5.97. The number of nitrogens with zero attached hydrogens (tertiary/aromatic N) is 4. The van der Waals surface area contributed by atoms with Crippen LogP contribution in [0.2, 0.25) is 0 Å². The predicted octanol–water partition coefficient (Wildman–Crippen LogP) is 2.74. The van der Waals surface area contributed by atoms with Crippen LogP contribution in [0.4, 0.5) is 0 Å². The zero-order chi connectivity index (χ0) is 16.4. The fraction of sp³-hybridized carbons (Fsp3) is 0.278. The first-order valence-corrected chi connectivity index (χ1v) is 7.66. The number of amides is 1. The maximum atomic E-state index is 12.8. The van der Waals surface area contributed by atoms with Gasteiger partial charge in [-0.2, -0.15) is 0 Å². The summed E-state index contributed by atoms with van der Waals surface area (Å²) in [4.78, 5) is 22.9. The van der Waals surface area contributed by atoms with Gasteiger partial charge in [-0.3, -0.25) is 4.79 Å². The summed E-state index contributed by atoms with van der Waals surface area (Å²) >= 11 is 0. The van der Waals surface area contributed by atoms with E-state index in [0.29, 0.717) is 11.3 Å². The van der Waals surface area contributed by atoms with Gasteiger partial charge < -0.3 is 9.30 Å². The molecule has 2 heterocycles. The second-order valence-electron chi connectivity index (χ2n) is 5.89. The van der Waals surface area contributed by atoms with Crippen molar-refractivity contribution in [3.63, 3.8) is 0 Å². The minimum absolute atomic E-state index is 0.0715. The van der Waals surface area contributed by atoms with E-state index in [9.17, 15) is 4.79 Å². The standard InChI is InChI=1S/C18H20N4O/c1-13-4-6-15(7-5-13)12-14(2)21(3)18(23)16-17-20-9-11-22(17)10-8-19-16/h4-11,14H,12H2,1-3H3. The molecule has 1 amide bonds. The lowest BCUT2D eigenvalue weighted by Gasteiger charge is -2.25. The number of benzene rings is 1. The Morgan fingerprint density at radius 3 is 2.52 bits per heavy atom. The van der Waals surface area contributed by atoms with E-state index in [4.69, 9.17) is 0 Å².